The van der Waals surface area contributed by atoms with Gasteiger partial charge in [-0.2, -0.15) is 0 Å². The first-order valence-corrected chi connectivity index (χ1v) is 8.15. The zero-order valence-corrected chi connectivity index (χ0v) is 10.7. The summed E-state index contributed by atoms with van der Waals surface area (Å²) in [6, 6.07) is 0. The Kier molecular flexibility index (Phi) is 6.52. The quantitative estimate of drug-likeness (QED) is 0.314. The van der Waals surface area contributed by atoms with Crippen molar-refractivity contribution < 1.29 is 14.1 Å². The zero-order chi connectivity index (χ0) is 11.1. The molecule has 2 atom stereocenters. The van der Waals surface area contributed by atoms with E-state index in [1.54, 1.807) is 10.8 Å². The van der Waals surface area contributed by atoms with E-state index >= 15 is 0 Å². The average Bonchev–Trinajstić information content (AvgIpc) is 2.60. The van der Waals surface area contributed by atoms with Crippen molar-refractivity contribution in [2.45, 2.75) is 44.3 Å². The summed E-state index contributed by atoms with van der Waals surface area (Å²) in [4.78, 5) is 11.0. The molecular formula is C10H18O3S2. The highest BCUT2D eigenvalue weighted by Gasteiger charge is 2.27. The van der Waals surface area contributed by atoms with Crippen molar-refractivity contribution >= 4 is 27.0 Å². The third-order valence-corrected chi connectivity index (χ3v) is 5.80. The number of esters is 1. The van der Waals surface area contributed by atoms with Crippen molar-refractivity contribution in [3.05, 3.63) is 0 Å². The van der Waals surface area contributed by atoms with Crippen molar-refractivity contribution in [1.29, 1.82) is 0 Å². The third-order valence-electron chi connectivity index (χ3n) is 2.31. The second-order valence-corrected chi connectivity index (χ2v) is 7.13. The summed E-state index contributed by atoms with van der Waals surface area (Å²) in [7, 11) is 0.946. The molecule has 0 radical (unpaired) electrons. The lowest BCUT2D eigenvalue weighted by molar-refractivity contribution is -0.143. The predicted molar refractivity (Wildman–Crippen MR) is 64.1 cm³/mol. The van der Waals surface area contributed by atoms with Crippen LogP contribution in [0.2, 0.25) is 0 Å². The third kappa shape index (κ3) is 5.68. The van der Waals surface area contributed by atoms with Crippen LogP contribution in [0.1, 0.15) is 39.0 Å². The summed E-state index contributed by atoms with van der Waals surface area (Å²) < 4.78 is 15.9. The lowest BCUT2D eigenvalue weighted by atomic mass is 10.1. The SMILES string of the molecule is CCOC(=O)CCCCC1CC[S+]([O-])S1. The van der Waals surface area contributed by atoms with Gasteiger partial charge in [0.2, 0.25) is 0 Å². The maximum atomic E-state index is 11.1. The fourth-order valence-corrected chi connectivity index (χ4v) is 5.11. The smallest absolute Gasteiger partial charge is 0.305 e. The van der Waals surface area contributed by atoms with E-state index in [9.17, 15) is 9.35 Å². The largest absolute Gasteiger partial charge is 0.605 e. The van der Waals surface area contributed by atoms with Crippen molar-refractivity contribution in [3.8, 4) is 0 Å². The number of rotatable bonds is 6. The van der Waals surface area contributed by atoms with E-state index in [1.807, 2.05) is 6.92 Å². The maximum absolute atomic E-state index is 11.1. The molecule has 0 aliphatic carbocycles. The van der Waals surface area contributed by atoms with Crippen LogP contribution in [0.15, 0.2) is 0 Å². The Morgan fingerprint density at radius 1 is 1.60 bits per heavy atom. The van der Waals surface area contributed by atoms with Crippen LogP contribution in [0, 0.1) is 0 Å². The minimum Gasteiger partial charge on any atom is -0.605 e. The summed E-state index contributed by atoms with van der Waals surface area (Å²) >= 11 is 0. The van der Waals surface area contributed by atoms with Gasteiger partial charge in [0.05, 0.1) is 22.7 Å². The Morgan fingerprint density at radius 3 is 3.00 bits per heavy atom. The fraction of sp³-hybridized carbons (Fsp3) is 0.900. The minimum absolute atomic E-state index is 0.0971. The van der Waals surface area contributed by atoms with Gasteiger partial charge in [0.15, 0.2) is 0 Å². The molecule has 1 fully saturated rings. The molecule has 5 heteroatoms. The van der Waals surface area contributed by atoms with Gasteiger partial charge in [0.1, 0.15) is 5.75 Å². The first-order valence-electron chi connectivity index (χ1n) is 5.43. The number of hydrogen-bond acceptors (Lipinski definition) is 4. The van der Waals surface area contributed by atoms with Crippen molar-refractivity contribution in [1.82, 2.24) is 0 Å². The molecule has 1 aliphatic heterocycles. The topological polar surface area (TPSA) is 49.4 Å². The summed E-state index contributed by atoms with van der Waals surface area (Å²) in [5, 5.41) is 0.549. The first-order chi connectivity index (χ1) is 7.22. The van der Waals surface area contributed by atoms with Gasteiger partial charge in [-0.1, -0.05) is 6.42 Å². The molecule has 1 heterocycles. The van der Waals surface area contributed by atoms with Gasteiger partial charge in [-0.25, -0.2) is 0 Å². The molecule has 15 heavy (non-hydrogen) atoms. The van der Waals surface area contributed by atoms with Gasteiger partial charge < -0.3 is 9.29 Å². The Bertz CT molecular complexity index is 199. The highest BCUT2D eigenvalue weighted by molar-refractivity contribution is 8.72. The van der Waals surface area contributed by atoms with E-state index in [0.717, 1.165) is 31.4 Å². The lowest BCUT2D eigenvalue weighted by Crippen LogP contribution is -2.04. The molecule has 0 spiro atoms. The van der Waals surface area contributed by atoms with E-state index in [0.29, 0.717) is 18.3 Å². The summed E-state index contributed by atoms with van der Waals surface area (Å²) in [5.41, 5.74) is 0. The van der Waals surface area contributed by atoms with Crippen LogP contribution in [-0.2, 0) is 19.7 Å². The van der Waals surface area contributed by atoms with E-state index in [2.05, 4.69) is 0 Å². The number of ether oxygens (including phenoxy) is 1. The predicted octanol–water partition coefficient (Wildman–Crippen LogP) is 2.28. The highest BCUT2D eigenvalue weighted by Crippen LogP contribution is 2.34. The van der Waals surface area contributed by atoms with Gasteiger partial charge in [-0.05, 0) is 19.8 Å². The normalized spacial score (nSPS) is 25.5. The van der Waals surface area contributed by atoms with Gasteiger partial charge in [0.25, 0.3) is 0 Å². The Balaban J connectivity index is 1.95. The molecule has 0 saturated carbocycles. The number of carbonyl (C=O) groups is 1. The summed E-state index contributed by atoms with van der Waals surface area (Å²) in [5.74, 6) is 0.743. The second-order valence-electron chi connectivity index (χ2n) is 3.57. The summed E-state index contributed by atoms with van der Waals surface area (Å²) in [6.07, 6.45) is 4.59. The average molecular weight is 250 g/mol. The van der Waals surface area contributed by atoms with Crippen LogP contribution in [0.25, 0.3) is 0 Å². The van der Waals surface area contributed by atoms with Gasteiger partial charge in [0, 0.05) is 23.0 Å². The monoisotopic (exact) mass is 250 g/mol. The molecule has 1 rings (SSSR count). The highest BCUT2D eigenvalue weighted by atomic mass is 33.1. The number of hydrogen-bond donors (Lipinski definition) is 0. The Hall–Kier alpha value is 0.130. The molecule has 0 amide bonds. The van der Waals surface area contributed by atoms with Crippen LogP contribution < -0.4 is 0 Å². The first kappa shape index (κ1) is 13.2. The Labute approximate surface area is 97.9 Å². The number of carbonyl (C=O) groups excluding carboxylic acids is 1. The number of unbranched alkanes of at least 4 members (excludes halogenated alkanes) is 1. The molecule has 88 valence electrons. The van der Waals surface area contributed by atoms with Crippen LogP contribution in [0.5, 0.6) is 0 Å². The molecule has 0 aromatic carbocycles. The van der Waals surface area contributed by atoms with Crippen LogP contribution in [-0.4, -0.2) is 28.1 Å². The molecule has 0 bridgehead atoms. The maximum Gasteiger partial charge on any atom is 0.305 e. The molecule has 0 N–H and O–H groups in total. The molecule has 1 aliphatic rings. The standard InChI is InChI=1S/C10H18O3S2/c1-2-13-10(11)6-4-3-5-9-7-8-15(12)14-9/h9H,2-8H2,1H3. The van der Waals surface area contributed by atoms with Crippen LogP contribution in [0.3, 0.4) is 0 Å². The molecule has 3 nitrogen and oxygen atoms in total. The fourth-order valence-electron chi connectivity index (χ4n) is 1.54. The van der Waals surface area contributed by atoms with Gasteiger partial charge >= 0.3 is 5.97 Å². The zero-order valence-electron chi connectivity index (χ0n) is 9.07. The van der Waals surface area contributed by atoms with Crippen molar-refractivity contribution in [2.75, 3.05) is 12.4 Å². The molecule has 0 aromatic rings. The van der Waals surface area contributed by atoms with Crippen molar-refractivity contribution in [2.24, 2.45) is 0 Å². The van der Waals surface area contributed by atoms with Gasteiger partial charge in [-0.15, -0.1) is 0 Å². The van der Waals surface area contributed by atoms with Crippen LogP contribution >= 0.6 is 10.8 Å². The van der Waals surface area contributed by atoms with E-state index < -0.39 is 10.2 Å². The van der Waals surface area contributed by atoms with Crippen molar-refractivity contribution in [3.63, 3.8) is 0 Å². The van der Waals surface area contributed by atoms with E-state index in [4.69, 9.17) is 4.74 Å². The lowest BCUT2D eigenvalue weighted by Gasteiger charge is -2.05. The van der Waals surface area contributed by atoms with E-state index in [1.165, 1.54) is 0 Å². The summed E-state index contributed by atoms with van der Waals surface area (Å²) in [6.45, 7) is 2.29. The molecule has 1 saturated heterocycles. The Morgan fingerprint density at radius 2 is 2.40 bits per heavy atom. The minimum atomic E-state index is -0.645. The second kappa shape index (κ2) is 7.41. The molecule has 0 aromatic heterocycles. The van der Waals surface area contributed by atoms with E-state index in [-0.39, 0.29) is 5.97 Å². The van der Waals surface area contributed by atoms with Gasteiger partial charge in [-0.3, -0.25) is 4.79 Å². The van der Waals surface area contributed by atoms with Crippen LogP contribution in [0.4, 0.5) is 0 Å². The molecular weight excluding hydrogens is 232 g/mol. The molecule has 2 unspecified atom stereocenters.